The van der Waals surface area contributed by atoms with E-state index in [9.17, 15) is 4.79 Å². The minimum Gasteiger partial charge on any atom is -0.395 e. The van der Waals surface area contributed by atoms with E-state index in [4.69, 9.17) is 5.11 Å². The molecule has 4 rings (SSSR count). The van der Waals surface area contributed by atoms with Crippen LogP contribution in [0.4, 0.5) is 0 Å². The van der Waals surface area contributed by atoms with Gasteiger partial charge in [0.15, 0.2) is 0 Å². The summed E-state index contributed by atoms with van der Waals surface area (Å²) in [5.74, 6) is -0.205. The lowest BCUT2D eigenvalue weighted by Crippen LogP contribution is -2.27. The number of aromatic nitrogens is 2. The molecule has 0 saturated carbocycles. The molecule has 1 amide bonds. The molecule has 2 aromatic heterocycles. The lowest BCUT2D eigenvalue weighted by atomic mass is 10.1. The SMILES string of the molecule is Cc1cccc(Cc2cc3cccc(-n4nc(C)c(C(=O)NCCO)c4C)c3s2)c1. The van der Waals surface area contributed by atoms with Crippen molar-refractivity contribution in [2.45, 2.75) is 27.2 Å². The van der Waals surface area contributed by atoms with Crippen LogP contribution in [0.15, 0.2) is 48.5 Å². The Kier molecular flexibility index (Phi) is 5.70. The normalized spacial score (nSPS) is 11.2. The average molecular weight is 420 g/mol. The molecule has 0 aliphatic carbocycles. The summed E-state index contributed by atoms with van der Waals surface area (Å²) < 4.78 is 3.02. The zero-order chi connectivity index (χ0) is 21.3. The second-order valence-electron chi connectivity index (χ2n) is 7.51. The van der Waals surface area contributed by atoms with Crippen molar-refractivity contribution >= 4 is 27.3 Å². The molecule has 6 heteroatoms. The molecule has 2 N–H and O–H groups in total. The quantitative estimate of drug-likeness (QED) is 0.489. The number of carbonyl (C=O) groups is 1. The maximum Gasteiger partial charge on any atom is 0.255 e. The van der Waals surface area contributed by atoms with Gasteiger partial charge >= 0.3 is 0 Å². The molecule has 154 valence electrons. The van der Waals surface area contributed by atoms with Crippen molar-refractivity contribution in [3.05, 3.63) is 81.5 Å². The molecule has 0 spiro atoms. The van der Waals surface area contributed by atoms with E-state index in [0.717, 1.165) is 22.5 Å². The highest BCUT2D eigenvalue weighted by Crippen LogP contribution is 2.33. The van der Waals surface area contributed by atoms with Gasteiger partial charge in [-0.1, -0.05) is 42.0 Å². The molecule has 2 aromatic carbocycles. The summed E-state index contributed by atoms with van der Waals surface area (Å²) in [6.45, 7) is 6.01. The monoisotopic (exact) mass is 419 g/mol. The number of rotatable bonds is 6. The Morgan fingerprint density at radius 3 is 2.70 bits per heavy atom. The van der Waals surface area contributed by atoms with E-state index in [2.05, 4.69) is 53.7 Å². The summed E-state index contributed by atoms with van der Waals surface area (Å²) in [5.41, 5.74) is 5.59. The predicted octanol–water partition coefficient (Wildman–Crippen LogP) is 4.33. The predicted molar refractivity (Wildman–Crippen MR) is 122 cm³/mol. The summed E-state index contributed by atoms with van der Waals surface area (Å²) in [6, 6.07) is 17.0. The van der Waals surface area contributed by atoms with Crippen molar-refractivity contribution < 1.29 is 9.90 Å². The average Bonchev–Trinajstić information content (AvgIpc) is 3.25. The van der Waals surface area contributed by atoms with Gasteiger partial charge in [0.2, 0.25) is 0 Å². The first-order valence-electron chi connectivity index (χ1n) is 10.0. The number of aliphatic hydroxyl groups is 1. The van der Waals surface area contributed by atoms with Gasteiger partial charge in [0.25, 0.3) is 5.91 Å². The second-order valence-corrected chi connectivity index (χ2v) is 8.65. The van der Waals surface area contributed by atoms with Gasteiger partial charge in [-0.3, -0.25) is 4.79 Å². The third-order valence-corrected chi connectivity index (χ3v) is 6.35. The highest BCUT2D eigenvalue weighted by atomic mass is 32.1. The summed E-state index contributed by atoms with van der Waals surface area (Å²) in [5, 5.41) is 17.6. The molecule has 5 nitrogen and oxygen atoms in total. The minimum absolute atomic E-state index is 0.0871. The number of benzene rings is 2. The van der Waals surface area contributed by atoms with Gasteiger partial charge in [-0.2, -0.15) is 5.10 Å². The van der Waals surface area contributed by atoms with Crippen molar-refractivity contribution in [1.29, 1.82) is 0 Å². The van der Waals surface area contributed by atoms with Crippen LogP contribution in [-0.4, -0.2) is 33.9 Å². The van der Waals surface area contributed by atoms with E-state index in [0.29, 0.717) is 11.3 Å². The molecule has 0 aliphatic heterocycles. The Morgan fingerprint density at radius 1 is 1.13 bits per heavy atom. The Labute approximate surface area is 180 Å². The zero-order valence-electron chi connectivity index (χ0n) is 17.4. The standard InChI is InChI=1S/C24H25N3O2S/c1-15-6-4-7-18(12-15)13-20-14-19-8-5-9-21(23(19)30-20)27-17(3)22(16(2)26-27)24(29)25-10-11-28/h4-9,12,14,28H,10-11,13H2,1-3H3,(H,25,29). The van der Waals surface area contributed by atoms with Gasteiger partial charge in [-0.05, 0) is 43.9 Å². The summed E-state index contributed by atoms with van der Waals surface area (Å²) >= 11 is 1.77. The van der Waals surface area contributed by atoms with Crippen LogP contribution in [0.25, 0.3) is 15.8 Å². The van der Waals surface area contributed by atoms with E-state index in [1.807, 2.05) is 30.7 Å². The molecule has 0 saturated heterocycles. The van der Waals surface area contributed by atoms with Crippen LogP contribution in [0.5, 0.6) is 0 Å². The van der Waals surface area contributed by atoms with E-state index < -0.39 is 0 Å². The Balaban J connectivity index is 1.73. The maximum absolute atomic E-state index is 12.5. The molecule has 30 heavy (non-hydrogen) atoms. The fourth-order valence-electron chi connectivity index (χ4n) is 3.84. The maximum atomic E-state index is 12.5. The van der Waals surface area contributed by atoms with Gasteiger partial charge in [0.1, 0.15) is 0 Å². The first kappa shape index (κ1) is 20.3. The van der Waals surface area contributed by atoms with Crippen molar-refractivity contribution in [2.75, 3.05) is 13.2 Å². The molecule has 0 atom stereocenters. The molecular formula is C24H25N3O2S. The lowest BCUT2D eigenvalue weighted by Gasteiger charge is -2.07. The second kappa shape index (κ2) is 8.42. The number of thiophene rings is 1. The molecule has 2 heterocycles. The van der Waals surface area contributed by atoms with Crippen molar-refractivity contribution in [1.82, 2.24) is 15.1 Å². The number of carbonyl (C=O) groups excluding carboxylic acids is 1. The van der Waals surface area contributed by atoms with E-state index in [-0.39, 0.29) is 19.1 Å². The summed E-state index contributed by atoms with van der Waals surface area (Å²) in [7, 11) is 0. The number of nitrogens with zero attached hydrogens (tertiary/aromatic N) is 2. The number of hydrogen-bond acceptors (Lipinski definition) is 4. The number of aryl methyl sites for hydroxylation is 2. The molecule has 4 aromatic rings. The van der Waals surface area contributed by atoms with Gasteiger partial charge in [0, 0.05) is 17.8 Å². The van der Waals surface area contributed by atoms with Crippen LogP contribution in [0.1, 0.15) is 37.7 Å². The Hall–Kier alpha value is -2.96. The van der Waals surface area contributed by atoms with E-state index in [1.165, 1.54) is 21.4 Å². The minimum atomic E-state index is -0.205. The number of aliphatic hydroxyl groups excluding tert-OH is 1. The largest absolute Gasteiger partial charge is 0.395 e. The van der Waals surface area contributed by atoms with Crippen LogP contribution in [0, 0.1) is 20.8 Å². The Bertz CT molecular complexity index is 1220. The number of amides is 1. The van der Waals surface area contributed by atoms with Crippen LogP contribution >= 0.6 is 11.3 Å². The third-order valence-electron chi connectivity index (χ3n) is 5.18. The summed E-state index contributed by atoms with van der Waals surface area (Å²) in [4.78, 5) is 13.8. The van der Waals surface area contributed by atoms with Crippen molar-refractivity contribution in [2.24, 2.45) is 0 Å². The fraction of sp³-hybridized carbons (Fsp3) is 0.250. The molecular weight excluding hydrogens is 394 g/mol. The molecule has 0 radical (unpaired) electrons. The topological polar surface area (TPSA) is 67.2 Å². The molecule has 0 aliphatic rings. The molecule has 0 fully saturated rings. The van der Waals surface area contributed by atoms with Gasteiger partial charge in [-0.25, -0.2) is 4.68 Å². The van der Waals surface area contributed by atoms with Crippen LogP contribution < -0.4 is 5.32 Å². The Morgan fingerprint density at radius 2 is 1.93 bits per heavy atom. The highest BCUT2D eigenvalue weighted by Gasteiger charge is 2.20. The molecule has 0 bridgehead atoms. The zero-order valence-corrected chi connectivity index (χ0v) is 18.2. The van der Waals surface area contributed by atoms with Crippen molar-refractivity contribution in [3.63, 3.8) is 0 Å². The third kappa shape index (κ3) is 3.88. The highest BCUT2D eigenvalue weighted by molar-refractivity contribution is 7.19. The number of hydrogen-bond donors (Lipinski definition) is 2. The smallest absolute Gasteiger partial charge is 0.255 e. The van der Waals surface area contributed by atoms with Crippen LogP contribution in [0.2, 0.25) is 0 Å². The first-order valence-corrected chi connectivity index (χ1v) is 10.8. The lowest BCUT2D eigenvalue weighted by molar-refractivity contribution is 0.0943. The van der Waals surface area contributed by atoms with E-state index in [1.54, 1.807) is 11.3 Å². The number of nitrogens with one attached hydrogen (secondary N) is 1. The van der Waals surface area contributed by atoms with Gasteiger partial charge in [0.05, 0.1) is 33.9 Å². The van der Waals surface area contributed by atoms with Gasteiger partial charge < -0.3 is 10.4 Å². The van der Waals surface area contributed by atoms with Gasteiger partial charge in [-0.15, -0.1) is 11.3 Å². The van der Waals surface area contributed by atoms with Crippen LogP contribution in [0.3, 0.4) is 0 Å². The van der Waals surface area contributed by atoms with Crippen molar-refractivity contribution in [3.8, 4) is 5.69 Å². The summed E-state index contributed by atoms with van der Waals surface area (Å²) in [6.07, 6.45) is 0.895. The molecule has 0 unspecified atom stereocenters. The van der Waals surface area contributed by atoms with E-state index >= 15 is 0 Å². The fourth-order valence-corrected chi connectivity index (χ4v) is 5.03. The van der Waals surface area contributed by atoms with Crippen LogP contribution in [-0.2, 0) is 6.42 Å². The first-order chi connectivity index (χ1) is 14.5. The number of fused-ring (bicyclic) bond motifs is 1.